The van der Waals surface area contributed by atoms with Gasteiger partial charge in [-0.25, -0.2) is 0 Å². The van der Waals surface area contributed by atoms with Gasteiger partial charge in [0.15, 0.2) is 6.61 Å². The number of ether oxygens (including phenoxy) is 1. The van der Waals surface area contributed by atoms with Gasteiger partial charge in [-0.2, -0.15) is 13.2 Å². The average Bonchev–Trinajstić information content (AvgIpc) is 2.45. The molecule has 1 N–H and O–H groups in total. The second-order valence-electron chi connectivity index (χ2n) is 4.89. The third kappa shape index (κ3) is 4.10. The van der Waals surface area contributed by atoms with Crippen LogP contribution in [0.15, 0.2) is 24.3 Å². The Balaban J connectivity index is 1.96. The van der Waals surface area contributed by atoms with Crippen LogP contribution in [0.1, 0.15) is 18.4 Å². The highest BCUT2D eigenvalue weighted by Gasteiger charge is 2.34. The molecule has 0 radical (unpaired) electrons. The van der Waals surface area contributed by atoms with Gasteiger partial charge in [-0.1, -0.05) is 12.1 Å². The van der Waals surface area contributed by atoms with Crippen LogP contribution in [0.4, 0.5) is 13.2 Å². The molecule has 21 heavy (non-hydrogen) atoms. The first kappa shape index (κ1) is 15.6. The van der Waals surface area contributed by atoms with Crippen molar-refractivity contribution < 1.29 is 27.8 Å². The van der Waals surface area contributed by atoms with E-state index in [0.717, 1.165) is 6.07 Å². The van der Waals surface area contributed by atoms with Gasteiger partial charge in [-0.3, -0.25) is 4.79 Å². The molecule has 0 bridgehead atoms. The molecular weight excluding hydrogens is 287 g/mol. The van der Waals surface area contributed by atoms with Crippen molar-refractivity contribution in [3.63, 3.8) is 0 Å². The summed E-state index contributed by atoms with van der Waals surface area (Å²) in [5, 5.41) is 9.35. The number of aliphatic hydroxyl groups excluding tert-OH is 1. The minimum atomic E-state index is -4.52. The van der Waals surface area contributed by atoms with E-state index in [1.54, 1.807) is 0 Å². The number of alkyl halides is 3. The molecule has 0 saturated carbocycles. The van der Waals surface area contributed by atoms with Gasteiger partial charge in [0.2, 0.25) is 0 Å². The third-order valence-electron chi connectivity index (χ3n) is 3.36. The second-order valence-corrected chi connectivity index (χ2v) is 4.89. The summed E-state index contributed by atoms with van der Waals surface area (Å²) < 4.78 is 43.3. The van der Waals surface area contributed by atoms with Crippen LogP contribution in [0.25, 0.3) is 0 Å². The topological polar surface area (TPSA) is 49.8 Å². The van der Waals surface area contributed by atoms with Crippen LogP contribution in [0.5, 0.6) is 5.75 Å². The molecule has 0 unspecified atom stereocenters. The van der Waals surface area contributed by atoms with E-state index in [-0.39, 0.29) is 11.7 Å². The molecule has 0 aromatic heterocycles. The van der Waals surface area contributed by atoms with E-state index in [2.05, 4.69) is 0 Å². The molecule has 1 saturated heterocycles. The van der Waals surface area contributed by atoms with Crippen molar-refractivity contribution in [2.75, 3.05) is 19.7 Å². The molecule has 1 aromatic rings. The molecule has 4 nitrogen and oxygen atoms in total. The smallest absolute Gasteiger partial charge is 0.419 e. The lowest BCUT2D eigenvalue weighted by molar-refractivity contribution is -0.141. The van der Waals surface area contributed by atoms with E-state index in [4.69, 9.17) is 4.74 Å². The highest BCUT2D eigenvalue weighted by atomic mass is 19.4. The first-order valence-corrected chi connectivity index (χ1v) is 6.63. The standard InChI is InChI=1S/C14H16F3NO3/c15-14(16,17)11-3-1-2-4-12(11)21-9-13(20)18-7-5-10(19)6-8-18/h1-4,10,19H,5-9H2. The van der Waals surface area contributed by atoms with Crippen molar-refractivity contribution in [3.8, 4) is 5.75 Å². The summed E-state index contributed by atoms with van der Waals surface area (Å²) in [6.45, 7) is 0.345. The predicted octanol–water partition coefficient (Wildman–Crippen LogP) is 2.07. The van der Waals surface area contributed by atoms with Crippen LogP contribution in [0, 0.1) is 0 Å². The summed E-state index contributed by atoms with van der Waals surface area (Å²) in [5.74, 6) is -0.728. The fraction of sp³-hybridized carbons (Fsp3) is 0.500. The number of likely N-dealkylation sites (tertiary alicyclic amines) is 1. The Hall–Kier alpha value is -1.76. The number of halogens is 3. The summed E-state index contributed by atoms with van der Waals surface area (Å²) in [6.07, 6.45) is -3.98. The van der Waals surface area contributed by atoms with Crippen LogP contribution >= 0.6 is 0 Å². The Labute approximate surface area is 120 Å². The van der Waals surface area contributed by atoms with Gasteiger partial charge in [-0.15, -0.1) is 0 Å². The molecule has 1 aromatic carbocycles. The largest absolute Gasteiger partial charge is 0.483 e. The molecule has 116 valence electrons. The zero-order valence-corrected chi connectivity index (χ0v) is 11.3. The normalized spacial score (nSPS) is 16.9. The maximum Gasteiger partial charge on any atom is 0.419 e. The van der Waals surface area contributed by atoms with Crippen molar-refractivity contribution in [3.05, 3.63) is 29.8 Å². The predicted molar refractivity (Wildman–Crippen MR) is 68.8 cm³/mol. The first-order valence-electron chi connectivity index (χ1n) is 6.63. The fourth-order valence-electron chi connectivity index (χ4n) is 2.17. The number of nitrogens with zero attached hydrogens (tertiary/aromatic N) is 1. The van der Waals surface area contributed by atoms with E-state index < -0.39 is 24.5 Å². The number of rotatable bonds is 3. The first-order chi connectivity index (χ1) is 9.88. The molecule has 1 amide bonds. The van der Waals surface area contributed by atoms with Crippen LogP contribution in [-0.2, 0) is 11.0 Å². The third-order valence-corrected chi connectivity index (χ3v) is 3.36. The average molecular weight is 303 g/mol. The zero-order valence-electron chi connectivity index (χ0n) is 11.3. The molecule has 2 rings (SSSR count). The highest BCUT2D eigenvalue weighted by Crippen LogP contribution is 2.35. The van der Waals surface area contributed by atoms with Crippen molar-refractivity contribution in [1.82, 2.24) is 4.90 Å². The minimum Gasteiger partial charge on any atom is -0.483 e. The molecule has 1 fully saturated rings. The Morgan fingerprint density at radius 3 is 2.52 bits per heavy atom. The van der Waals surface area contributed by atoms with E-state index >= 15 is 0 Å². The quantitative estimate of drug-likeness (QED) is 0.930. The molecule has 1 aliphatic rings. The second kappa shape index (κ2) is 6.34. The lowest BCUT2D eigenvalue weighted by atomic mass is 10.1. The maximum absolute atomic E-state index is 12.8. The minimum absolute atomic E-state index is 0.351. The van der Waals surface area contributed by atoms with Gasteiger partial charge in [0, 0.05) is 13.1 Å². The Bertz CT molecular complexity index is 496. The lowest BCUT2D eigenvalue weighted by Gasteiger charge is -2.29. The summed E-state index contributed by atoms with van der Waals surface area (Å²) >= 11 is 0. The molecule has 0 atom stereocenters. The summed E-state index contributed by atoms with van der Waals surface area (Å²) in [5.41, 5.74) is -0.896. The van der Waals surface area contributed by atoms with Crippen molar-refractivity contribution >= 4 is 5.91 Å². The van der Waals surface area contributed by atoms with Crippen molar-refractivity contribution in [1.29, 1.82) is 0 Å². The van der Waals surface area contributed by atoms with E-state index in [0.29, 0.717) is 25.9 Å². The highest BCUT2D eigenvalue weighted by molar-refractivity contribution is 5.77. The number of piperidine rings is 1. The molecule has 0 aliphatic carbocycles. The Morgan fingerprint density at radius 2 is 1.90 bits per heavy atom. The number of amides is 1. The van der Waals surface area contributed by atoms with Crippen molar-refractivity contribution in [2.24, 2.45) is 0 Å². The summed E-state index contributed by atoms with van der Waals surface area (Å²) in [6, 6.07) is 4.79. The van der Waals surface area contributed by atoms with Gasteiger partial charge in [0.25, 0.3) is 5.91 Å². The molecule has 1 aliphatic heterocycles. The van der Waals surface area contributed by atoms with Crippen LogP contribution in [0.2, 0.25) is 0 Å². The van der Waals surface area contributed by atoms with Crippen LogP contribution in [-0.4, -0.2) is 41.7 Å². The Morgan fingerprint density at radius 1 is 1.29 bits per heavy atom. The molecular formula is C14H16F3NO3. The number of carbonyl (C=O) groups is 1. The van der Waals surface area contributed by atoms with Gasteiger partial charge < -0.3 is 14.7 Å². The number of hydrogen-bond donors (Lipinski definition) is 1. The maximum atomic E-state index is 12.8. The number of benzene rings is 1. The summed E-state index contributed by atoms with van der Waals surface area (Å²) in [7, 11) is 0. The van der Waals surface area contributed by atoms with E-state index in [1.165, 1.54) is 23.1 Å². The van der Waals surface area contributed by atoms with Gasteiger partial charge in [0.1, 0.15) is 5.75 Å². The van der Waals surface area contributed by atoms with Crippen molar-refractivity contribution in [2.45, 2.75) is 25.1 Å². The van der Waals surface area contributed by atoms with E-state index in [1.807, 2.05) is 0 Å². The van der Waals surface area contributed by atoms with Crippen LogP contribution in [0.3, 0.4) is 0 Å². The lowest BCUT2D eigenvalue weighted by Crippen LogP contribution is -2.42. The Kier molecular flexibility index (Phi) is 4.72. The number of aliphatic hydroxyl groups is 1. The zero-order chi connectivity index (χ0) is 15.5. The van der Waals surface area contributed by atoms with E-state index in [9.17, 15) is 23.1 Å². The molecule has 7 heteroatoms. The van der Waals surface area contributed by atoms with Gasteiger partial charge in [0.05, 0.1) is 11.7 Å². The SMILES string of the molecule is O=C(COc1ccccc1C(F)(F)F)N1CCC(O)CC1. The molecule has 1 heterocycles. The van der Waals surface area contributed by atoms with Gasteiger partial charge >= 0.3 is 6.18 Å². The molecule has 0 spiro atoms. The van der Waals surface area contributed by atoms with Gasteiger partial charge in [-0.05, 0) is 25.0 Å². The fourth-order valence-corrected chi connectivity index (χ4v) is 2.17. The number of hydrogen-bond acceptors (Lipinski definition) is 3. The number of carbonyl (C=O) groups excluding carboxylic acids is 1. The number of para-hydroxylation sites is 1. The van der Waals surface area contributed by atoms with Crippen LogP contribution < -0.4 is 4.74 Å². The monoisotopic (exact) mass is 303 g/mol. The summed E-state index contributed by atoms with van der Waals surface area (Å²) in [4.78, 5) is 13.4.